The number of likely N-dealkylation sites (tertiary alicyclic amines) is 1. The number of hydrogen-bond acceptors (Lipinski definition) is 3. The van der Waals surface area contributed by atoms with E-state index in [0.29, 0.717) is 6.42 Å². The molecule has 0 atom stereocenters. The predicted molar refractivity (Wildman–Crippen MR) is 65.6 cm³/mol. The van der Waals surface area contributed by atoms with Crippen LogP contribution in [0.2, 0.25) is 0 Å². The van der Waals surface area contributed by atoms with Crippen LogP contribution in [0, 0.1) is 6.92 Å². The minimum Gasteiger partial charge on any atom is -0.342 e. The molecule has 0 radical (unpaired) electrons. The highest BCUT2D eigenvalue weighted by molar-refractivity contribution is 7.09. The molecule has 1 aliphatic heterocycles. The molecule has 0 N–H and O–H groups in total. The van der Waals surface area contributed by atoms with Crippen LogP contribution in [0.5, 0.6) is 0 Å². The quantitative estimate of drug-likeness (QED) is 0.792. The van der Waals surface area contributed by atoms with E-state index in [2.05, 4.69) is 4.98 Å². The van der Waals surface area contributed by atoms with E-state index in [9.17, 15) is 4.79 Å². The normalized spacial score (nSPS) is 17.2. The van der Waals surface area contributed by atoms with E-state index < -0.39 is 0 Å². The van der Waals surface area contributed by atoms with Gasteiger partial charge in [0.2, 0.25) is 5.91 Å². The Balaban J connectivity index is 1.94. The topological polar surface area (TPSA) is 33.2 Å². The van der Waals surface area contributed by atoms with Crippen molar-refractivity contribution in [3.8, 4) is 0 Å². The first-order chi connectivity index (χ1) is 7.77. The standard InChI is InChI=1S/C12H18N2OS/c1-10-11(16-9-13-10)8-12(15)14-6-4-2-3-5-7-14/h9H,2-8H2,1H3. The Hall–Kier alpha value is -0.900. The second kappa shape index (κ2) is 5.43. The molecule has 0 bridgehead atoms. The monoisotopic (exact) mass is 238 g/mol. The molecule has 1 fully saturated rings. The van der Waals surface area contributed by atoms with Gasteiger partial charge in [0, 0.05) is 18.0 Å². The van der Waals surface area contributed by atoms with Gasteiger partial charge < -0.3 is 4.90 Å². The van der Waals surface area contributed by atoms with Gasteiger partial charge in [-0.1, -0.05) is 12.8 Å². The summed E-state index contributed by atoms with van der Waals surface area (Å²) in [4.78, 5) is 19.4. The fraction of sp³-hybridized carbons (Fsp3) is 0.667. The molecule has 1 aromatic heterocycles. The van der Waals surface area contributed by atoms with Crippen molar-refractivity contribution in [3.63, 3.8) is 0 Å². The van der Waals surface area contributed by atoms with Crippen LogP contribution in [0.4, 0.5) is 0 Å². The van der Waals surface area contributed by atoms with Gasteiger partial charge in [0.15, 0.2) is 0 Å². The zero-order valence-electron chi connectivity index (χ0n) is 9.74. The number of hydrogen-bond donors (Lipinski definition) is 0. The minimum absolute atomic E-state index is 0.272. The lowest BCUT2D eigenvalue weighted by atomic mass is 10.2. The summed E-state index contributed by atoms with van der Waals surface area (Å²) in [6, 6.07) is 0. The Labute approximate surface area is 100 Å². The van der Waals surface area contributed by atoms with Gasteiger partial charge in [-0.05, 0) is 19.8 Å². The number of rotatable bonds is 2. The number of thiazole rings is 1. The van der Waals surface area contributed by atoms with E-state index in [-0.39, 0.29) is 5.91 Å². The van der Waals surface area contributed by atoms with Gasteiger partial charge in [-0.25, -0.2) is 4.98 Å². The zero-order valence-corrected chi connectivity index (χ0v) is 10.6. The Kier molecular flexibility index (Phi) is 3.93. The Morgan fingerprint density at radius 2 is 2.06 bits per heavy atom. The van der Waals surface area contributed by atoms with Crippen LogP contribution in [0.25, 0.3) is 0 Å². The molecule has 88 valence electrons. The van der Waals surface area contributed by atoms with E-state index in [1.165, 1.54) is 12.8 Å². The number of carbonyl (C=O) groups excluding carboxylic acids is 1. The highest BCUT2D eigenvalue weighted by Crippen LogP contribution is 2.16. The molecule has 0 aromatic carbocycles. The number of nitrogens with zero attached hydrogens (tertiary/aromatic N) is 2. The van der Waals surface area contributed by atoms with Crippen molar-refractivity contribution < 1.29 is 4.79 Å². The third-order valence-corrected chi connectivity index (χ3v) is 4.05. The van der Waals surface area contributed by atoms with Gasteiger partial charge in [0.25, 0.3) is 0 Å². The molecule has 1 saturated heterocycles. The summed E-state index contributed by atoms with van der Waals surface area (Å²) >= 11 is 1.59. The molecule has 4 heteroatoms. The van der Waals surface area contributed by atoms with Crippen molar-refractivity contribution in [3.05, 3.63) is 16.1 Å². The molecule has 0 unspecified atom stereocenters. The van der Waals surface area contributed by atoms with Crippen molar-refractivity contribution in [2.24, 2.45) is 0 Å². The maximum atomic E-state index is 12.1. The van der Waals surface area contributed by atoms with Gasteiger partial charge in [-0.15, -0.1) is 11.3 Å². The summed E-state index contributed by atoms with van der Waals surface area (Å²) in [5, 5.41) is 0. The fourth-order valence-corrected chi connectivity index (χ4v) is 2.83. The Morgan fingerprint density at radius 3 is 2.62 bits per heavy atom. The second-order valence-corrected chi connectivity index (χ2v) is 5.27. The first kappa shape index (κ1) is 11.6. The predicted octanol–water partition coefficient (Wildman–Crippen LogP) is 2.40. The van der Waals surface area contributed by atoms with Crippen LogP contribution in [0.3, 0.4) is 0 Å². The number of aryl methyl sites for hydroxylation is 1. The smallest absolute Gasteiger partial charge is 0.227 e. The van der Waals surface area contributed by atoms with Crippen molar-refractivity contribution in [2.75, 3.05) is 13.1 Å². The van der Waals surface area contributed by atoms with E-state index in [0.717, 1.165) is 36.5 Å². The lowest BCUT2D eigenvalue weighted by Crippen LogP contribution is -2.33. The number of aromatic nitrogens is 1. The van der Waals surface area contributed by atoms with E-state index >= 15 is 0 Å². The van der Waals surface area contributed by atoms with Gasteiger partial charge in [-0.3, -0.25) is 4.79 Å². The van der Waals surface area contributed by atoms with Crippen LogP contribution in [-0.2, 0) is 11.2 Å². The van der Waals surface area contributed by atoms with Gasteiger partial charge in [0.05, 0.1) is 17.6 Å². The third kappa shape index (κ3) is 2.82. The molecular weight excluding hydrogens is 220 g/mol. The maximum absolute atomic E-state index is 12.1. The molecule has 2 rings (SSSR count). The van der Waals surface area contributed by atoms with Crippen LogP contribution >= 0.6 is 11.3 Å². The Bertz CT molecular complexity index is 354. The highest BCUT2D eigenvalue weighted by atomic mass is 32.1. The summed E-state index contributed by atoms with van der Waals surface area (Å²) in [6.07, 6.45) is 5.39. The molecular formula is C12H18N2OS. The minimum atomic E-state index is 0.272. The summed E-state index contributed by atoms with van der Waals surface area (Å²) in [6.45, 7) is 3.86. The lowest BCUT2D eigenvalue weighted by molar-refractivity contribution is -0.130. The maximum Gasteiger partial charge on any atom is 0.227 e. The number of amides is 1. The first-order valence-corrected chi connectivity index (χ1v) is 6.82. The molecule has 1 aliphatic rings. The summed E-state index contributed by atoms with van der Waals surface area (Å²) < 4.78 is 0. The van der Waals surface area contributed by atoms with Gasteiger partial charge >= 0.3 is 0 Å². The summed E-state index contributed by atoms with van der Waals surface area (Å²) in [7, 11) is 0. The van der Waals surface area contributed by atoms with Crippen LogP contribution in [-0.4, -0.2) is 28.9 Å². The summed E-state index contributed by atoms with van der Waals surface area (Å²) in [5.74, 6) is 0.272. The molecule has 2 heterocycles. The third-order valence-electron chi connectivity index (χ3n) is 3.12. The fourth-order valence-electron chi connectivity index (χ4n) is 2.07. The first-order valence-electron chi connectivity index (χ1n) is 5.94. The average molecular weight is 238 g/mol. The molecule has 0 spiro atoms. The zero-order chi connectivity index (χ0) is 11.4. The van der Waals surface area contributed by atoms with E-state index in [4.69, 9.17) is 0 Å². The molecule has 3 nitrogen and oxygen atoms in total. The van der Waals surface area contributed by atoms with Crippen molar-refractivity contribution in [1.82, 2.24) is 9.88 Å². The number of carbonyl (C=O) groups is 1. The van der Waals surface area contributed by atoms with Crippen LogP contribution in [0.1, 0.15) is 36.3 Å². The van der Waals surface area contributed by atoms with E-state index in [1.54, 1.807) is 11.3 Å². The molecule has 0 saturated carbocycles. The molecule has 0 aliphatic carbocycles. The molecule has 1 amide bonds. The average Bonchev–Trinajstić information content (AvgIpc) is 2.57. The molecule has 16 heavy (non-hydrogen) atoms. The second-order valence-electron chi connectivity index (χ2n) is 4.33. The SMILES string of the molecule is Cc1ncsc1CC(=O)N1CCCCCC1. The van der Waals surface area contributed by atoms with E-state index in [1.807, 2.05) is 17.3 Å². The van der Waals surface area contributed by atoms with Crippen LogP contribution < -0.4 is 0 Å². The molecule has 1 aromatic rings. The van der Waals surface area contributed by atoms with Crippen molar-refractivity contribution in [2.45, 2.75) is 39.0 Å². The lowest BCUT2D eigenvalue weighted by Gasteiger charge is -2.19. The van der Waals surface area contributed by atoms with Gasteiger partial charge in [0.1, 0.15) is 0 Å². The summed E-state index contributed by atoms with van der Waals surface area (Å²) in [5.41, 5.74) is 2.83. The van der Waals surface area contributed by atoms with Crippen LogP contribution in [0.15, 0.2) is 5.51 Å². The largest absolute Gasteiger partial charge is 0.342 e. The highest BCUT2D eigenvalue weighted by Gasteiger charge is 2.17. The Morgan fingerprint density at radius 1 is 1.38 bits per heavy atom. The van der Waals surface area contributed by atoms with Gasteiger partial charge in [-0.2, -0.15) is 0 Å². The van der Waals surface area contributed by atoms with Crippen molar-refractivity contribution in [1.29, 1.82) is 0 Å². The van der Waals surface area contributed by atoms with Crippen molar-refractivity contribution >= 4 is 17.2 Å².